The Morgan fingerprint density at radius 2 is 0.593 bits per heavy atom. The number of nitrogens with zero attached hydrogens (tertiary/aromatic N) is 2. The predicted molar refractivity (Wildman–Crippen MR) is 641 cm³/mol. The van der Waals surface area contributed by atoms with Gasteiger partial charge in [0.15, 0.2) is 12.2 Å². The monoisotopic (exact) mass is 2180 g/mol. The largest absolute Gasteiger partial charge is 0.756 e. The predicted octanol–water partition coefficient (Wildman–Crippen LogP) is 35.9. The van der Waals surface area contributed by atoms with E-state index in [-0.39, 0.29) is 80.1 Å². The van der Waals surface area contributed by atoms with Crippen LogP contribution in [0.3, 0.4) is 0 Å². The maximum Gasteiger partial charge on any atom is 0.407 e. The summed E-state index contributed by atoms with van der Waals surface area (Å²) >= 11 is 0. The fourth-order valence-corrected chi connectivity index (χ4v) is 18.3. The molecule has 0 aliphatic rings. The number of phosphoric acid groups is 1. The average molecular weight is 2190 g/mol. The molecular weight excluding hydrogens is 1940 g/mol. The Bertz CT molecular complexity index is 3020. The molecule has 0 aliphatic heterocycles. The highest BCUT2D eigenvalue weighted by atomic mass is 32.5. The Morgan fingerprint density at radius 3 is 0.900 bits per heavy atom. The van der Waals surface area contributed by atoms with Gasteiger partial charge in [-0.15, -0.1) is 0 Å². The summed E-state index contributed by atoms with van der Waals surface area (Å²) in [5, 5.41) is 2.67. The maximum absolute atomic E-state index is 12.7. The van der Waals surface area contributed by atoms with E-state index in [1.54, 1.807) is 13.4 Å². The number of likely N-dealkylation sites (N-methyl/N-ethyl adjacent to an activating group) is 1. The highest BCUT2D eigenvalue weighted by Crippen LogP contribution is 2.39. The van der Waals surface area contributed by atoms with Gasteiger partial charge in [0, 0.05) is 52.4 Å². The van der Waals surface area contributed by atoms with Crippen molar-refractivity contribution in [3.8, 4) is 0 Å². The number of phosphoric ester groups is 1. The minimum atomic E-state index is -4.62. The number of ether oxygens (including phenoxy) is 8. The van der Waals surface area contributed by atoms with Crippen LogP contribution in [0.4, 0.5) is 4.79 Å². The molecule has 888 valence electrons. The molecule has 21 nitrogen and oxygen atoms in total. The van der Waals surface area contributed by atoms with Crippen LogP contribution >= 0.6 is 15.8 Å². The molecule has 0 saturated heterocycles. The smallest absolute Gasteiger partial charge is 0.407 e. The Kier molecular flexibility index (Phi) is 127. The third-order valence-corrected chi connectivity index (χ3v) is 28.1. The molecule has 150 heavy (non-hydrogen) atoms. The van der Waals surface area contributed by atoms with Crippen LogP contribution < -0.4 is 10.2 Å². The molecule has 1 amide bonds. The average Bonchev–Trinajstić information content (AvgIpc) is 0.899. The lowest BCUT2D eigenvalue weighted by Gasteiger charge is -2.28. The highest BCUT2D eigenvalue weighted by Gasteiger charge is 2.24. The number of quaternary nitrogens is 1. The number of thiol groups is 1. The molecule has 1 N–H and O–H groups in total. The summed E-state index contributed by atoms with van der Waals surface area (Å²) in [6.45, 7) is 15.8. The first-order valence-corrected chi connectivity index (χ1v) is 66.7. The van der Waals surface area contributed by atoms with E-state index in [9.17, 15) is 38.2 Å². The van der Waals surface area contributed by atoms with E-state index in [1.807, 2.05) is 21.1 Å². The van der Waals surface area contributed by atoms with E-state index in [0.717, 1.165) is 109 Å². The molecule has 0 aromatic rings. The number of hydrogen-bond donors (Lipinski definition) is 2. The molecular formula is C126H245N3O18P2S. The Morgan fingerprint density at radius 1 is 0.333 bits per heavy atom. The molecule has 0 fully saturated rings. The van der Waals surface area contributed by atoms with E-state index in [4.69, 9.17) is 48.1 Å². The molecule has 0 aromatic carbocycles. The van der Waals surface area contributed by atoms with Crippen molar-refractivity contribution in [2.45, 2.75) is 606 Å². The van der Waals surface area contributed by atoms with Gasteiger partial charge in [-0.1, -0.05) is 483 Å². The summed E-state index contributed by atoms with van der Waals surface area (Å²) in [7, 11) is 9.62. The van der Waals surface area contributed by atoms with Crippen molar-refractivity contribution in [1.29, 1.82) is 1.12 Å². The van der Waals surface area contributed by atoms with Crippen molar-refractivity contribution in [2.24, 2.45) is 0 Å². The van der Waals surface area contributed by atoms with Crippen LogP contribution in [0, 0.1) is 0 Å². The number of nitrogens with one attached hydrogen (secondary N) is 1. The fraction of sp³-hybridized carbons (Fsp3) is 0.889. The molecule has 0 aliphatic carbocycles. The molecule has 0 heterocycles. The van der Waals surface area contributed by atoms with Gasteiger partial charge >= 0.3 is 35.9 Å². The van der Waals surface area contributed by atoms with Crippen LogP contribution in [0.1, 0.15) is 587 Å². The number of allylic oxidation sites excluding steroid dienone is 8. The maximum atomic E-state index is 12.7. The van der Waals surface area contributed by atoms with Gasteiger partial charge in [0.1, 0.15) is 40.2 Å². The zero-order valence-electron chi connectivity index (χ0n) is 101. The molecule has 0 spiro atoms. The van der Waals surface area contributed by atoms with E-state index in [2.05, 4.69) is 122 Å². The quantitative estimate of drug-likeness (QED) is 0.0109. The molecule has 0 aromatic heterocycles. The van der Waals surface area contributed by atoms with E-state index in [0.29, 0.717) is 69.5 Å². The first-order valence-electron chi connectivity index (χ1n) is 63.2. The standard InChI is InChI=1S/C44H88NO8P.C43H79NO2.C38H73NO8.CH5PS/c1-6-8-10-12-14-16-18-20-22-24-26-28-30-32-34-36-43(46)50-40-42(41-52-54(48,49)51-39-38-45(3,4)5)53-44(47)37-35-33-31-29-27-25-23-21-19-17-15-13-11-9-7-2;1-5-7-9-11-13-15-17-19-21-23-25-27-29-31-33-35-38-42(46-43(45)40-37-41-44(3)4)39-36-34-32-30-28-26-24-22-20-18-16-14-12-10-8-6-2;1-4-6-8-10-12-14-16-18-20-22-24-27-36(40)45-33-35(34-46-38(42)39-29-26-30-44-32-31-43-3)47-37(41)28-25-23-21-19-17-15-13-11-9-7-5-2;1-3-2/h42H,6-41H2,1-5H3;13-16,19-22,42H,5-12,17-18,23-41H2,1-4H3;35H,4-34H2,1-3H3,(H,39,42);2-3H,1H3/b;15-13-,16-14-,21-19-,22-20-;;/i;;;3D. The second kappa shape index (κ2) is 127. The van der Waals surface area contributed by atoms with Gasteiger partial charge in [-0.25, -0.2) is 4.79 Å². The summed E-state index contributed by atoms with van der Waals surface area (Å²) < 4.78 is 73.1. The zero-order chi connectivity index (χ0) is 112. The van der Waals surface area contributed by atoms with Gasteiger partial charge in [-0.05, 0) is 155 Å². The van der Waals surface area contributed by atoms with Crippen molar-refractivity contribution in [1.82, 2.24) is 10.2 Å². The molecule has 24 heteroatoms. The molecule has 0 bridgehead atoms. The Hall–Kier alpha value is -3.82. The van der Waals surface area contributed by atoms with Gasteiger partial charge in [0.05, 0.1) is 41.0 Å². The molecule has 0 rings (SSSR count). The van der Waals surface area contributed by atoms with Gasteiger partial charge in [-0.3, -0.25) is 28.5 Å². The third-order valence-electron chi connectivity index (χ3n) is 27.1. The number of carbonyl (C=O) groups is 6. The van der Waals surface area contributed by atoms with Crippen LogP contribution in [0.25, 0.3) is 0 Å². The van der Waals surface area contributed by atoms with Crippen molar-refractivity contribution in [2.75, 3.05) is 121 Å². The second-order valence-corrected chi connectivity index (χ2v) is 46.6. The topological polar surface area (TPSA) is 250 Å². The Balaban J connectivity index is -0.00000106. The normalized spacial score (nSPS) is 12.8. The zero-order valence-corrected chi connectivity index (χ0v) is 103. The van der Waals surface area contributed by atoms with Crippen molar-refractivity contribution < 1.29 is 89.7 Å². The number of rotatable bonds is 113. The number of hydrogen-bond acceptors (Lipinski definition) is 19. The SMILES string of the molecule is CCCCC/C=C\C/C=C\CCCCCCCCC(CCCCCCCC/C=C\C/C=C\CCCCC)OC(=O)CCCN(C)C.CCCCCCCCCCCCCC(=O)OCC(COC(=O)NCCCOCCOC)OC(=O)CCCCCCCCCCCCC.CCCCCCCCCCCCCCCCCC(=O)OCC(COP(=O)([O-])OCC[N+](C)(C)C)OC(=O)CCCCCCCCCCCCCCCCC.[2H]S(C)=P. The summed E-state index contributed by atoms with van der Waals surface area (Å²) in [6.07, 6.45) is 118. The number of unbranched alkanes of at least 4 members (excludes halogenated alkanes) is 66. The van der Waals surface area contributed by atoms with Crippen molar-refractivity contribution >= 4 is 62.6 Å². The Labute approximate surface area is 933 Å². The fourth-order valence-electron chi connectivity index (χ4n) is 17.6. The first-order chi connectivity index (χ1) is 73.3. The highest BCUT2D eigenvalue weighted by molar-refractivity contribution is 8.01. The number of carbonyl (C=O) groups excluding carboxylic acids is 6. The van der Waals surface area contributed by atoms with Crippen LogP contribution in [0.5, 0.6) is 0 Å². The van der Waals surface area contributed by atoms with Crippen LogP contribution in [-0.4, -0.2) is 186 Å². The first kappa shape index (κ1) is 150. The van der Waals surface area contributed by atoms with E-state index in [1.165, 1.54) is 398 Å². The summed E-state index contributed by atoms with van der Waals surface area (Å²) in [5.74, 6) is -1.48. The van der Waals surface area contributed by atoms with Gasteiger partial charge in [0.25, 0.3) is 7.82 Å². The second-order valence-electron chi connectivity index (χ2n) is 43.6. The third kappa shape index (κ3) is 135. The lowest BCUT2D eigenvalue weighted by molar-refractivity contribution is -0.870. The van der Waals surface area contributed by atoms with Crippen LogP contribution in [-0.2, 0) is 86.3 Å². The van der Waals surface area contributed by atoms with Crippen LogP contribution in [0.2, 0.25) is 0 Å². The molecule has 0 saturated carbocycles. The van der Waals surface area contributed by atoms with Gasteiger partial charge in [0.2, 0.25) is 0 Å². The number of esters is 5. The lowest BCUT2D eigenvalue weighted by Crippen LogP contribution is -2.37. The van der Waals surface area contributed by atoms with E-state index < -0.39 is 38.7 Å². The molecule has 4 atom stereocenters. The van der Waals surface area contributed by atoms with Crippen molar-refractivity contribution in [3.05, 3.63) is 48.6 Å². The van der Waals surface area contributed by atoms with E-state index >= 15 is 0 Å². The van der Waals surface area contributed by atoms with Crippen LogP contribution in [0.15, 0.2) is 48.6 Å². The van der Waals surface area contributed by atoms with Crippen molar-refractivity contribution in [3.63, 3.8) is 0 Å². The van der Waals surface area contributed by atoms with Gasteiger partial charge in [-0.2, -0.15) is 10.8 Å². The number of amides is 1. The number of alkyl carbamates (subject to hydrolysis) is 1. The summed E-state index contributed by atoms with van der Waals surface area (Å²) in [4.78, 5) is 89.3. The minimum Gasteiger partial charge on any atom is -0.756 e. The number of methoxy groups -OCH3 is 1. The summed E-state index contributed by atoms with van der Waals surface area (Å²) in [5.41, 5.74) is 0. The van der Waals surface area contributed by atoms with Gasteiger partial charge < -0.3 is 66.5 Å². The molecule has 4 unspecified atom stereocenters. The summed E-state index contributed by atoms with van der Waals surface area (Å²) in [6, 6.07) is 0. The molecule has 0 radical (unpaired) electrons. The lowest BCUT2D eigenvalue weighted by atomic mass is 10.0. The minimum absolute atomic E-state index is 0.00641.